The highest BCUT2D eigenvalue weighted by Gasteiger charge is 2.15. The number of halogens is 2. The zero-order valence-electron chi connectivity index (χ0n) is 5.23. The summed E-state index contributed by atoms with van der Waals surface area (Å²) in [5.74, 6) is 0. The smallest absolute Gasteiger partial charge is 0.200 e. The second kappa shape index (κ2) is 4.74. The van der Waals surface area contributed by atoms with Crippen LogP contribution in [0.3, 0.4) is 0 Å². The molecule has 0 rings (SSSR count). The predicted octanol–water partition coefficient (Wildman–Crippen LogP) is 1.84. The van der Waals surface area contributed by atoms with E-state index in [1.807, 2.05) is 0 Å². The summed E-state index contributed by atoms with van der Waals surface area (Å²) in [6.45, 7) is 1.69. The van der Waals surface area contributed by atoms with Crippen molar-refractivity contribution in [1.82, 2.24) is 0 Å². The molecule has 0 aromatic heterocycles. The Labute approximate surface area is 59.2 Å². The Morgan fingerprint density at radius 3 is 2.67 bits per heavy atom. The molecule has 0 aromatic carbocycles. The van der Waals surface area contributed by atoms with Crippen LogP contribution in [0.5, 0.6) is 0 Å². The highest BCUT2D eigenvalue weighted by Crippen LogP contribution is 2.12. The van der Waals surface area contributed by atoms with Crippen LogP contribution < -0.4 is 0 Å². The van der Waals surface area contributed by atoms with E-state index < -0.39 is 11.5 Å². The third-order valence-electron chi connectivity index (χ3n) is 1.06. The summed E-state index contributed by atoms with van der Waals surface area (Å²) in [4.78, 5) is 9.66. The van der Waals surface area contributed by atoms with Crippen molar-refractivity contribution < 1.29 is 9.18 Å². The number of rotatable bonds is 4. The lowest BCUT2D eigenvalue weighted by Gasteiger charge is -2.07. The zero-order valence-corrected chi connectivity index (χ0v) is 5.99. The summed E-state index contributed by atoms with van der Waals surface area (Å²) in [5.41, 5.74) is 0. The van der Waals surface area contributed by atoms with E-state index in [1.54, 1.807) is 13.2 Å². The van der Waals surface area contributed by atoms with Gasteiger partial charge in [0, 0.05) is 6.42 Å². The lowest BCUT2D eigenvalue weighted by atomic mass is 10.2. The fourth-order valence-electron chi connectivity index (χ4n) is 0.463. The Morgan fingerprint density at radius 2 is 2.33 bits per heavy atom. The average molecular weight is 152 g/mol. The van der Waals surface area contributed by atoms with E-state index in [9.17, 15) is 9.18 Å². The summed E-state index contributed by atoms with van der Waals surface area (Å²) in [7, 11) is 0. The second-order valence-corrected chi connectivity index (χ2v) is 2.35. The van der Waals surface area contributed by atoms with Gasteiger partial charge in [-0.05, 0) is 6.42 Å². The second-order valence-electron chi connectivity index (χ2n) is 1.79. The molecule has 2 atom stereocenters. The van der Waals surface area contributed by atoms with E-state index in [0.717, 1.165) is 0 Å². The maximum Gasteiger partial charge on any atom is 0.200 e. The third-order valence-corrected chi connectivity index (χ3v) is 1.49. The number of hydrogen-bond acceptors (Lipinski definition) is 1. The van der Waals surface area contributed by atoms with Crippen LogP contribution in [0.25, 0.3) is 0 Å². The highest BCUT2D eigenvalue weighted by molar-refractivity contribution is 6.21. The van der Waals surface area contributed by atoms with Gasteiger partial charge in [0.15, 0.2) is 6.29 Å². The standard InChI is InChI=1S/C6H9ClFO/c1-2-6(8)5(7)3-4-9/h5-6H,2-3H2,1H3. The minimum atomic E-state index is -1.08. The quantitative estimate of drug-likeness (QED) is 0.561. The van der Waals surface area contributed by atoms with Crippen molar-refractivity contribution in [3.05, 3.63) is 0 Å². The molecular formula is C6H9ClFO. The Morgan fingerprint density at radius 1 is 1.78 bits per heavy atom. The van der Waals surface area contributed by atoms with Gasteiger partial charge < -0.3 is 0 Å². The van der Waals surface area contributed by atoms with Gasteiger partial charge in [-0.3, -0.25) is 4.79 Å². The van der Waals surface area contributed by atoms with E-state index in [2.05, 4.69) is 0 Å². The largest absolute Gasteiger partial charge is 0.291 e. The van der Waals surface area contributed by atoms with Crippen molar-refractivity contribution in [3.8, 4) is 0 Å². The van der Waals surface area contributed by atoms with E-state index in [1.165, 1.54) is 0 Å². The molecule has 1 nitrogen and oxygen atoms in total. The van der Waals surface area contributed by atoms with Gasteiger partial charge in [0.05, 0.1) is 5.38 Å². The average Bonchev–Trinajstić information content (AvgIpc) is 1.87. The molecule has 0 aromatic rings. The van der Waals surface area contributed by atoms with Crippen LogP contribution in [0.4, 0.5) is 4.39 Å². The van der Waals surface area contributed by atoms with Crippen LogP contribution in [-0.2, 0) is 4.79 Å². The molecule has 0 N–H and O–H groups in total. The third kappa shape index (κ3) is 3.46. The molecule has 0 bridgehead atoms. The minimum Gasteiger partial charge on any atom is -0.291 e. The zero-order chi connectivity index (χ0) is 7.28. The monoisotopic (exact) mass is 151 g/mol. The van der Waals surface area contributed by atoms with Crippen molar-refractivity contribution in [2.45, 2.75) is 31.3 Å². The minimum absolute atomic E-state index is 0.0173. The molecule has 0 amide bonds. The van der Waals surface area contributed by atoms with Gasteiger partial charge in [0.1, 0.15) is 6.17 Å². The van der Waals surface area contributed by atoms with Crippen LogP contribution in [0, 0.1) is 0 Å². The van der Waals surface area contributed by atoms with Gasteiger partial charge in [-0.2, -0.15) is 0 Å². The van der Waals surface area contributed by atoms with Crippen molar-refractivity contribution in [2.24, 2.45) is 0 Å². The Kier molecular flexibility index (Phi) is 4.68. The molecule has 9 heavy (non-hydrogen) atoms. The first-order valence-corrected chi connectivity index (χ1v) is 3.29. The van der Waals surface area contributed by atoms with Gasteiger partial charge in [0.2, 0.25) is 0 Å². The maximum atomic E-state index is 12.4. The van der Waals surface area contributed by atoms with Crippen LogP contribution >= 0.6 is 11.6 Å². The molecule has 0 spiro atoms. The normalized spacial score (nSPS) is 16.8. The first-order valence-electron chi connectivity index (χ1n) is 2.85. The molecule has 1 radical (unpaired) electrons. The van der Waals surface area contributed by atoms with E-state index in [0.29, 0.717) is 6.42 Å². The fraction of sp³-hybridized carbons (Fsp3) is 0.833. The summed E-state index contributed by atoms with van der Waals surface area (Å²) in [6, 6.07) is 0. The molecule has 0 aliphatic rings. The van der Waals surface area contributed by atoms with Crippen LogP contribution in [0.1, 0.15) is 19.8 Å². The van der Waals surface area contributed by atoms with Crippen molar-refractivity contribution in [3.63, 3.8) is 0 Å². The van der Waals surface area contributed by atoms with Gasteiger partial charge in [-0.15, -0.1) is 11.6 Å². The molecule has 3 heteroatoms. The topological polar surface area (TPSA) is 17.1 Å². The van der Waals surface area contributed by atoms with Crippen molar-refractivity contribution in [2.75, 3.05) is 0 Å². The molecule has 0 aliphatic heterocycles. The lowest BCUT2D eigenvalue weighted by molar-refractivity contribution is 0.313. The van der Waals surface area contributed by atoms with E-state index in [-0.39, 0.29) is 6.42 Å². The molecule has 0 heterocycles. The maximum absolute atomic E-state index is 12.4. The molecular weight excluding hydrogens is 143 g/mol. The number of alkyl halides is 2. The Balaban J connectivity index is 3.44. The van der Waals surface area contributed by atoms with Crippen LogP contribution in [-0.4, -0.2) is 17.8 Å². The summed E-state index contributed by atoms with van der Waals surface area (Å²) < 4.78 is 12.4. The van der Waals surface area contributed by atoms with E-state index in [4.69, 9.17) is 11.6 Å². The van der Waals surface area contributed by atoms with Gasteiger partial charge in [0.25, 0.3) is 0 Å². The number of hydrogen-bond donors (Lipinski definition) is 0. The summed E-state index contributed by atoms with van der Waals surface area (Å²) >= 11 is 5.39. The summed E-state index contributed by atoms with van der Waals surface area (Å²) in [5, 5.41) is -0.688. The first kappa shape index (κ1) is 8.89. The molecule has 2 unspecified atom stereocenters. The fourth-order valence-corrected chi connectivity index (χ4v) is 0.704. The predicted molar refractivity (Wildman–Crippen MR) is 35.1 cm³/mol. The Hall–Kier alpha value is -0.110. The Bertz CT molecular complexity index is 87.1. The van der Waals surface area contributed by atoms with Crippen molar-refractivity contribution >= 4 is 17.9 Å². The van der Waals surface area contributed by atoms with Crippen LogP contribution in [0.2, 0.25) is 0 Å². The molecule has 0 saturated heterocycles. The first-order chi connectivity index (χ1) is 4.22. The highest BCUT2D eigenvalue weighted by atomic mass is 35.5. The van der Waals surface area contributed by atoms with Gasteiger partial charge >= 0.3 is 0 Å². The van der Waals surface area contributed by atoms with Gasteiger partial charge in [-0.1, -0.05) is 6.92 Å². The molecule has 53 valence electrons. The molecule has 0 aliphatic carbocycles. The molecule has 0 fully saturated rings. The van der Waals surface area contributed by atoms with Gasteiger partial charge in [-0.25, -0.2) is 4.39 Å². The van der Waals surface area contributed by atoms with E-state index >= 15 is 0 Å². The SMILES string of the molecule is CCC(F)C(Cl)C[C]=O. The van der Waals surface area contributed by atoms with Crippen molar-refractivity contribution in [1.29, 1.82) is 0 Å². The lowest BCUT2D eigenvalue weighted by Crippen LogP contribution is -2.14. The van der Waals surface area contributed by atoms with Crippen LogP contribution in [0.15, 0.2) is 0 Å². The summed E-state index contributed by atoms with van der Waals surface area (Å²) in [6.07, 6.45) is 0.825. The number of carbonyl (C=O) groups excluding carboxylic acids is 1. The molecule has 0 saturated carbocycles.